The highest BCUT2D eigenvalue weighted by atomic mass is 16.3. The van der Waals surface area contributed by atoms with Crippen molar-refractivity contribution in [3.05, 3.63) is 29.8 Å². The third-order valence-electron chi connectivity index (χ3n) is 3.51. The molecule has 1 aliphatic rings. The number of aryl methyl sites for hydroxylation is 1. The maximum Gasteiger partial charge on any atom is 0.313 e. The number of anilines is 1. The van der Waals surface area contributed by atoms with Gasteiger partial charge in [-0.15, -0.1) is 0 Å². The molecule has 1 saturated carbocycles. The third kappa shape index (κ3) is 4.06. The van der Waals surface area contributed by atoms with Crippen molar-refractivity contribution in [2.45, 2.75) is 44.8 Å². The molecular formula is C15H20N2O3. The van der Waals surface area contributed by atoms with Crippen LogP contribution in [-0.4, -0.2) is 29.1 Å². The van der Waals surface area contributed by atoms with E-state index in [-0.39, 0.29) is 12.1 Å². The fourth-order valence-corrected chi connectivity index (χ4v) is 2.38. The lowest BCUT2D eigenvalue weighted by Gasteiger charge is -2.25. The zero-order chi connectivity index (χ0) is 14.5. The third-order valence-corrected chi connectivity index (χ3v) is 3.51. The summed E-state index contributed by atoms with van der Waals surface area (Å²) in [7, 11) is 0. The van der Waals surface area contributed by atoms with Crippen LogP contribution in [0.15, 0.2) is 24.3 Å². The summed E-state index contributed by atoms with van der Waals surface area (Å²) >= 11 is 0. The Morgan fingerprint density at radius 2 is 1.85 bits per heavy atom. The van der Waals surface area contributed by atoms with Gasteiger partial charge in [-0.25, -0.2) is 0 Å². The number of nitrogens with one attached hydrogen (secondary N) is 2. The van der Waals surface area contributed by atoms with Crippen molar-refractivity contribution in [2.24, 2.45) is 0 Å². The molecule has 5 heteroatoms. The van der Waals surface area contributed by atoms with E-state index in [1.165, 1.54) is 0 Å². The van der Waals surface area contributed by atoms with Gasteiger partial charge in [0.05, 0.1) is 6.10 Å². The highest BCUT2D eigenvalue weighted by Gasteiger charge is 2.23. The number of benzene rings is 1. The molecule has 5 nitrogen and oxygen atoms in total. The lowest BCUT2D eigenvalue weighted by atomic mass is 9.93. The Balaban J connectivity index is 1.84. The minimum absolute atomic E-state index is 0.0193. The van der Waals surface area contributed by atoms with Crippen molar-refractivity contribution >= 4 is 17.5 Å². The Kier molecular flexibility index (Phi) is 4.74. The predicted octanol–water partition coefficient (Wildman–Crippen LogP) is 1.35. The van der Waals surface area contributed by atoms with Crippen molar-refractivity contribution in [1.82, 2.24) is 5.32 Å². The molecule has 3 N–H and O–H groups in total. The molecule has 0 atom stereocenters. The minimum Gasteiger partial charge on any atom is -0.393 e. The molecule has 2 amide bonds. The number of aliphatic hydroxyl groups is 1. The Morgan fingerprint density at radius 3 is 2.50 bits per heavy atom. The molecule has 0 radical (unpaired) electrons. The van der Waals surface area contributed by atoms with Gasteiger partial charge in [-0.2, -0.15) is 0 Å². The summed E-state index contributed by atoms with van der Waals surface area (Å²) in [5.41, 5.74) is 1.63. The van der Waals surface area contributed by atoms with E-state index in [0.29, 0.717) is 31.4 Å². The van der Waals surface area contributed by atoms with Gasteiger partial charge in [0, 0.05) is 11.7 Å². The summed E-state index contributed by atoms with van der Waals surface area (Å²) in [6.07, 6.45) is 2.49. The number of carbonyl (C=O) groups is 2. The number of rotatable bonds is 2. The standard InChI is InChI=1S/C15H20N2O3/c1-10-3-2-4-12(9-10)17-15(20)14(19)16-11-5-7-13(18)8-6-11/h2-4,9,11,13,18H,5-8H2,1H3,(H,16,19)(H,17,20). The first kappa shape index (κ1) is 14.5. The SMILES string of the molecule is Cc1cccc(NC(=O)C(=O)NC2CCC(O)CC2)c1. The quantitative estimate of drug-likeness (QED) is 0.714. The minimum atomic E-state index is -0.651. The van der Waals surface area contributed by atoms with Crippen LogP contribution in [-0.2, 0) is 9.59 Å². The Labute approximate surface area is 118 Å². The van der Waals surface area contributed by atoms with Crippen LogP contribution in [0.4, 0.5) is 5.69 Å². The summed E-state index contributed by atoms with van der Waals surface area (Å²) in [5, 5.41) is 14.7. The maximum atomic E-state index is 11.8. The molecule has 0 saturated heterocycles. The van der Waals surface area contributed by atoms with Crippen LogP contribution in [0.3, 0.4) is 0 Å². The number of hydrogen-bond donors (Lipinski definition) is 3. The molecule has 2 rings (SSSR count). The molecular weight excluding hydrogens is 256 g/mol. The lowest BCUT2D eigenvalue weighted by molar-refractivity contribution is -0.136. The predicted molar refractivity (Wildman–Crippen MR) is 76.2 cm³/mol. The molecule has 0 heterocycles. The first-order valence-corrected chi connectivity index (χ1v) is 6.91. The van der Waals surface area contributed by atoms with Crippen LogP contribution in [0, 0.1) is 6.92 Å². The molecule has 0 bridgehead atoms. The van der Waals surface area contributed by atoms with E-state index in [1.54, 1.807) is 6.07 Å². The topological polar surface area (TPSA) is 78.4 Å². The average molecular weight is 276 g/mol. The average Bonchev–Trinajstić information content (AvgIpc) is 2.41. The van der Waals surface area contributed by atoms with E-state index >= 15 is 0 Å². The number of amides is 2. The molecule has 20 heavy (non-hydrogen) atoms. The summed E-state index contributed by atoms with van der Waals surface area (Å²) in [4.78, 5) is 23.6. The molecule has 0 spiro atoms. The van der Waals surface area contributed by atoms with Gasteiger partial charge >= 0.3 is 11.8 Å². The first-order valence-electron chi connectivity index (χ1n) is 6.91. The van der Waals surface area contributed by atoms with E-state index in [4.69, 9.17) is 0 Å². The van der Waals surface area contributed by atoms with Crippen molar-refractivity contribution in [3.63, 3.8) is 0 Å². The van der Waals surface area contributed by atoms with E-state index in [0.717, 1.165) is 5.56 Å². The highest BCUT2D eigenvalue weighted by Crippen LogP contribution is 2.18. The van der Waals surface area contributed by atoms with Crippen molar-refractivity contribution in [3.8, 4) is 0 Å². The van der Waals surface area contributed by atoms with Crippen molar-refractivity contribution in [1.29, 1.82) is 0 Å². The van der Waals surface area contributed by atoms with Gasteiger partial charge in [-0.05, 0) is 50.3 Å². The van der Waals surface area contributed by atoms with Crippen LogP contribution in [0.1, 0.15) is 31.2 Å². The van der Waals surface area contributed by atoms with Gasteiger partial charge < -0.3 is 15.7 Å². The molecule has 1 fully saturated rings. The van der Waals surface area contributed by atoms with Gasteiger partial charge in [0.25, 0.3) is 0 Å². The van der Waals surface area contributed by atoms with Crippen LogP contribution in [0.2, 0.25) is 0 Å². The number of hydrogen-bond acceptors (Lipinski definition) is 3. The largest absolute Gasteiger partial charge is 0.393 e. The fourth-order valence-electron chi connectivity index (χ4n) is 2.38. The van der Waals surface area contributed by atoms with E-state index in [9.17, 15) is 14.7 Å². The molecule has 0 unspecified atom stereocenters. The van der Waals surface area contributed by atoms with E-state index < -0.39 is 11.8 Å². The van der Waals surface area contributed by atoms with Crippen LogP contribution in [0.5, 0.6) is 0 Å². The summed E-state index contributed by atoms with van der Waals surface area (Å²) in [6, 6.07) is 7.28. The van der Waals surface area contributed by atoms with Crippen LogP contribution >= 0.6 is 0 Å². The second-order valence-electron chi connectivity index (χ2n) is 5.30. The van der Waals surface area contributed by atoms with Crippen molar-refractivity contribution < 1.29 is 14.7 Å². The summed E-state index contributed by atoms with van der Waals surface area (Å²) < 4.78 is 0. The van der Waals surface area contributed by atoms with Gasteiger partial charge in [0.2, 0.25) is 0 Å². The highest BCUT2D eigenvalue weighted by molar-refractivity contribution is 6.39. The maximum absolute atomic E-state index is 11.8. The molecule has 0 aliphatic heterocycles. The van der Waals surface area contributed by atoms with Gasteiger partial charge in [-0.1, -0.05) is 12.1 Å². The zero-order valence-corrected chi connectivity index (χ0v) is 11.6. The Bertz CT molecular complexity index is 494. The number of carbonyl (C=O) groups excluding carboxylic acids is 2. The van der Waals surface area contributed by atoms with E-state index in [1.807, 2.05) is 25.1 Å². The first-order chi connectivity index (χ1) is 9.54. The number of aliphatic hydroxyl groups excluding tert-OH is 1. The smallest absolute Gasteiger partial charge is 0.313 e. The van der Waals surface area contributed by atoms with Crippen LogP contribution < -0.4 is 10.6 Å². The fraction of sp³-hybridized carbons (Fsp3) is 0.467. The molecule has 1 aliphatic carbocycles. The molecule has 1 aromatic rings. The van der Waals surface area contributed by atoms with Gasteiger partial charge in [-0.3, -0.25) is 9.59 Å². The summed E-state index contributed by atoms with van der Waals surface area (Å²) in [5.74, 6) is -1.27. The van der Waals surface area contributed by atoms with Crippen molar-refractivity contribution in [2.75, 3.05) is 5.32 Å². The Hall–Kier alpha value is -1.88. The van der Waals surface area contributed by atoms with E-state index in [2.05, 4.69) is 10.6 Å². The zero-order valence-electron chi connectivity index (χ0n) is 11.6. The second-order valence-corrected chi connectivity index (χ2v) is 5.30. The monoisotopic (exact) mass is 276 g/mol. The summed E-state index contributed by atoms with van der Waals surface area (Å²) in [6.45, 7) is 1.92. The molecule has 1 aromatic carbocycles. The van der Waals surface area contributed by atoms with Gasteiger partial charge in [0.1, 0.15) is 0 Å². The Morgan fingerprint density at radius 1 is 1.15 bits per heavy atom. The normalized spacial score (nSPS) is 22.1. The van der Waals surface area contributed by atoms with Crippen LogP contribution in [0.25, 0.3) is 0 Å². The molecule has 0 aromatic heterocycles. The second kappa shape index (κ2) is 6.52. The molecule has 108 valence electrons. The lowest BCUT2D eigenvalue weighted by Crippen LogP contribution is -2.43. The van der Waals surface area contributed by atoms with Gasteiger partial charge in [0.15, 0.2) is 0 Å².